The van der Waals surface area contributed by atoms with Crippen molar-refractivity contribution in [2.45, 2.75) is 12.2 Å². The van der Waals surface area contributed by atoms with Crippen LogP contribution in [0.3, 0.4) is 0 Å². The van der Waals surface area contributed by atoms with Crippen LogP contribution in [-0.4, -0.2) is 31.2 Å². The number of carbonyl (C=O) groups is 1. The number of hydrogen-bond acceptors (Lipinski definition) is 4. The molecule has 0 aliphatic carbocycles. The molecule has 0 spiro atoms. The summed E-state index contributed by atoms with van der Waals surface area (Å²) in [5.41, 5.74) is 2.45. The fourth-order valence-electron chi connectivity index (χ4n) is 3.05. The van der Waals surface area contributed by atoms with Crippen LogP contribution in [0, 0.1) is 18.6 Å². The number of benzene rings is 1. The largest absolute Gasteiger partial charge is 0.310 e. The number of aryl methyl sites for hydroxylation is 2. The maximum absolute atomic E-state index is 14.3. The van der Waals surface area contributed by atoms with Crippen LogP contribution in [-0.2, 0) is 11.8 Å². The van der Waals surface area contributed by atoms with Crippen LogP contribution in [0.5, 0.6) is 0 Å². The van der Waals surface area contributed by atoms with Gasteiger partial charge >= 0.3 is 0 Å². The molecular formula is C17H15F2N5OS. The average molecular weight is 375 g/mol. The molecule has 26 heavy (non-hydrogen) atoms. The second kappa shape index (κ2) is 6.24. The van der Waals surface area contributed by atoms with E-state index >= 15 is 0 Å². The molecule has 0 unspecified atom stereocenters. The Balaban J connectivity index is 1.91. The molecule has 0 bridgehead atoms. The highest BCUT2D eigenvalue weighted by Gasteiger charge is 2.31. The molecule has 0 saturated carbocycles. The molecule has 4 rings (SSSR count). The van der Waals surface area contributed by atoms with Gasteiger partial charge in [-0.2, -0.15) is 10.2 Å². The highest BCUT2D eigenvalue weighted by atomic mass is 32.2. The molecular weight excluding hydrogens is 360 g/mol. The Morgan fingerprint density at radius 3 is 2.85 bits per heavy atom. The zero-order valence-electron chi connectivity index (χ0n) is 14.0. The molecule has 3 heterocycles. The van der Waals surface area contributed by atoms with E-state index in [1.165, 1.54) is 22.5 Å². The average Bonchev–Trinajstić information content (AvgIpc) is 3.08. The molecule has 1 aromatic carbocycles. The Hall–Kier alpha value is -2.68. The van der Waals surface area contributed by atoms with E-state index in [0.717, 1.165) is 23.3 Å². The number of hydrogen-bond donors (Lipinski definition) is 1. The Kier molecular flexibility index (Phi) is 4.03. The van der Waals surface area contributed by atoms with Gasteiger partial charge in [-0.3, -0.25) is 9.48 Å². The van der Waals surface area contributed by atoms with Gasteiger partial charge in [0.2, 0.25) is 5.91 Å². The summed E-state index contributed by atoms with van der Waals surface area (Å²) in [7, 11) is 1.82. The fraction of sp³-hybridized carbons (Fsp3) is 0.235. The number of anilines is 1. The fourth-order valence-corrected chi connectivity index (χ4v) is 4.20. The Bertz CT molecular complexity index is 1010. The first-order valence-electron chi connectivity index (χ1n) is 7.89. The van der Waals surface area contributed by atoms with Gasteiger partial charge in [-0.1, -0.05) is 0 Å². The number of rotatable bonds is 2. The third kappa shape index (κ3) is 2.78. The molecule has 3 aromatic rings. The van der Waals surface area contributed by atoms with Crippen molar-refractivity contribution in [1.29, 1.82) is 0 Å². The van der Waals surface area contributed by atoms with E-state index in [-0.39, 0.29) is 22.6 Å². The lowest BCUT2D eigenvalue weighted by atomic mass is 10.1. The van der Waals surface area contributed by atoms with Crippen molar-refractivity contribution in [1.82, 2.24) is 19.6 Å². The summed E-state index contributed by atoms with van der Waals surface area (Å²) in [5, 5.41) is 11.3. The van der Waals surface area contributed by atoms with Gasteiger partial charge in [-0.25, -0.2) is 13.5 Å². The van der Waals surface area contributed by atoms with E-state index in [2.05, 4.69) is 15.5 Å². The van der Waals surface area contributed by atoms with Crippen molar-refractivity contribution in [3.63, 3.8) is 0 Å². The van der Waals surface area contributed by atoms with Gasteiger partial charge in [-0.05, 0) is 19.1 Å². The molecule has 1 aliphatic rings. The third-order valence-corrected chi connectivity index (χ3v) is 5.44. The molecule has 0 saturated heterocycles. The maximum atomic E-state index is 14.3. The standard InChI is InChI=1S/C17H15F2N5OS/c1-9-15-16(10-6-20-23(2)7-10)26-8-14(25)21-17(15)24(22-9)13-4-3-11(18)5-12(13)19/h3-7,16H,8H2,1-2H3,(H,21,25)/t16-/m0/s1. The van der Waals surface area contributed by atoms with Crippen LogP contribution < -0.4 is 5.32 Å². The smallest absolute Gasteiger partial charge is 0.235 e. The van der Waals surface area contributed by atoms with Crippen molar-refractivity contribution in [2.75, 3.05) is 11.1 Å². The predicted molar refractivity (Wildman–Crippen MR) is 94.4 cm³/mol. The zero-order chi connectivity index (χ0) is 18.4. The van der Waals surface area contributed by atoms with E-state index < -0.39 is 11.6 Å². The number of fused-ring (bicyclic) bond motifs is 1. The lowest BCUT2D eigenvalue weighted by Gasteiger charge is -2.13. The minimum absolute atomic E-state index is 0.0767. The van der Waals surface area contributed by atoms with E-state index in [4.69, 9.17) is 0 Å². The van der Waals surface area contributed by atoms with Crippen molar-refractivity contribution in [3.8, 4) is 5.69 Å². The molecule has 9 heteroatoms. The van der Waals surface area contributed by atoms with Crippen LogP contribution in [0.4, 0.5) is 14.6 Å². The van der Waals surface area contributed by atoms with Gasteiger partial charge in [0.25, 0.3) is 0 Å². The first-order chi connectivity index (χ1) is 12.4. The van der Waals surface area contributed by atoms with Gasteiger partial charge in [0, 0.05) is 30.4 Å². The van der Waals surface area contributed by atoms with Crippen molar-refractivity contribution in [3.05, 3.63) is 59.0 Å². The number of carbonyl (C=O) groups excluding carboxylic acids is 1. The van der Waals surface area contributed by atoms with Crippen LogP contribution in [0.15, 0.2) is 30.6 Å². The lowest BCUT2D eigenvalue weighted by Crippen LogP contribution is -2.16. The molecule has 0 radical (unpaired) electrons. The number of halogens is 2. The summed E-state index contributed by atoms with van der Waals surface area (Å²) in [5.74, 6) is -0.976. The highest BCUT2D eigenvalue weighted by Crippen LogP contribution is 2.43. The van der Waals surface area contributed by atoms with Gasteiger partial charge in [0.05, 0.1) is 22.9 Å². The summed E-state index contributed by atoms with van der Waals surface area (Å²) in [6.07, 6.45) is 3.62. The Labute approximate surface area is 152 Å². The first-order valence-corrected chi connectivity index (χ1v) is 8.94. The summed E-state index contributed by atoms with van der Waals surface area (Å²) >= 11 is 1.46. The number of amides is 1. The van der Waals surface area contributed by atoms with Gasteiger partial charge in [0.15, 0.2) is 5.82 Å². The van der Waals surface area contributed by atoms with Gasteiger partial charge < -0.3 is 5.32 Å². The maximum Gasteiger partial charge on any atom is 0.235 e. The van der Waals surface area contributed by atoms with Crippen LogP contribution in [0.25, 0.3) is 5.69 Å². The molecule has 0 fully saturated rings. The summed E-state index contributed by atoms with van der Waals surface area (Å²) in [6.45, 7) is 1.80. The molecule has 134 valence electrons. The molecule has 1 atom stereocenters. The SMILES string of the molecule is Cc1nn(-c2ccc(F)cc2F)c2c1[C@H](c1cnn(C)c1)SCC(=O)N2. The molecule has 2 aromatic heterocycles. The first kappa shape index (κ1) is 16.8. The number of nitrogens with one attached hydrogen (secondary N) is 1. The monoisotopic (exact) mass is 375 g/mol. The highest BCUT2D eigenvalue weighted by molar-refractivity contribution is 8.00. The Morgan fingerprint density at radius 2 is 2.15 bits per heavy atom. The van der Waals surface area contributed by atoms with E-state index in [1.807, 2.05) is 13.2 Å². The second-order valence-electron chi connectivity index (χ2n) is 6.04. The van der Waals surface area contributed by atoms with E-state index in [9.17, 15) is 13.6 Å². The van der Waals surface area contributed by atoms with Crippen molar-refractivity contribution < 1.29 is 13.6 Å². The Morgan fingerprint density at radius 1 is 1.35 bits per heavy atom. The lowest BCUT2D eigenvalue weighted by molar-refractivity contribution is -0.113. The predicted octanol–water partition coefficient (Wildman–Crippen LogP) is 2.97. The van der Waals surface area contributed by atoms with Crippen molar-refractivity contribution in [2.24, 2.45) is 7.05 Å². The number of thioether (sulfide) groups is 1. The molecule has 1 amide bonds. The van der Waals surface area contributed by atoms with Gasteiger partial charge in [0.1, 0.15) is 17.3 Å². The molecule has 1 aliphatic heterocycles. The minimum atomic E-state index is -0.751. The molecule has 1 N–H and O–H groups in total. The van der Waals surface area contributed by atoms with Crippen LogP contribution >= 0.6 is 11.8 Å². The normalized spacial score (nSPS) is 16.9. The third-order valence-electron chi connectivity index (χ3n) is 4.17. The van der Waals surface area contributed by atoms with Crippen LogP contribution in [0.2, 0.25) is 0 Å². The minimum Gasteiger partial charge on any atom is -0.310 e. The van der Waals surface area contributed by atoms with Gasteiger partial charge in [-0.15, -0.1) is 11.8 Å². The molecule has 6 nitrogen and oxygen atoms in total. The second-order valence-corrected chi connectivity index (χ2v) is 7.14. The van der Waals surface area contributed by atoms with Crippen molar-refractivity contribution >= 4 is 23.5 Å². The summed E-state index contributed by atoms with van der Waals surface area (Å²) < 4.78 is 30.6. The zero-order valence-corrected chi connectivity index (χ0v) is 14.8. The topological polar surface area (TPSA) is 64.7 Å². The summed E-state index contributed by atoms with van der Waals surface area (Å²) in [4.78, 5) is 12.2. The van der Waals surface area contributed by atoms with Crippen LogP contribution in [0.1, 0.15) is 22.1 Å². The summed E-state index contributed by atoms with van der Waals surface area (Å²) in [6, 6.07) is 3.26. The van der Waals surface area contributed by atoms with E-state index in [1.54, 1.807) is 17.8 Å². The quantitative estimate of drug-likeness (QED) is 0.748. The van der Waals surface area contributed by atoms with E-state index in [0.29, 0.717) is 11.5 Å². The number of aromatic nitrogens is 4. The number of nitrogens with zero attached hydrogens (tertiary/aromatic N) is 4.